The van der Waals surface area contributed by atoms with Crippen LogP contribution < -0.4 is 10.6 Å². The quantitative estimate of drug-likeness (QED) is 0.848. The van der Waals surface area contributed by atoms with Crippen molar-refractivity contribution in [2.45, 2.75) is 19.5 Å². The zero-order valence-electron chi connectivity index (χ0n) is 14.5. The molecule has 0 heterocycles. The van der Waals surface area contributed by atoms with Gasteiger partial charge in [0.15, 0.2) is 0 Å². The summed E-state index contributed by atoms with van der Waals surface area (Å²) in [6, 6.07) is 12.5. The Kier molecular flexibility index (Phi) is 6.25. The summed E-state index contributed by atoms with van der Waals surface area (Å²) in [5, 5.41) is 5.34. The van der Waals surface area contributed by atoms with Crippen LogP contribution in [0.1, 0.15) is 22.8 Å². The number of hydrogen-bond donors (Lipinski definition) is 2. The van der Waals surface area contributed by atoms with Crippen LogP contribution in [-0.2, 0) is 11.3 Å². The Balaban J connectivity index is 1.94. The Morgan fingerprint density at radius 1 is 1.08 bits per heavy atom. The number of hydrogen-bond acceptors (Lipinski definition) is 3. The van der Waals surface area contributed by atoms with Gasteiger partial charge in [-0.05, 0) is 55.9 Å². The van der Waals surface area contributed by atoms with Gasteiger partial charge >= 0.3 is 0 Å². The van der Waals surface area contributed by atoms with Crippen LogP contribution in [0, 0.1) is 5.82 Å². The first kappa shape index (κ1) is 18.6. The number of likely N-dealkylation sites (N-methyl/N-ethyl adjacent to an activating group) is 1. The maximum Gasteiger partial charge on any atom is 0.251 e. The van der Waals surface area contributed by atoms with E-state index in [0.29, 0.717) is 17.8 Å². The number of anilines is 1. The Bertz CT molecular complexity index is 729. The molecule has 2 amide bonds. The minimum Gasteiger partial charge on any atom is -0.355 e. The third-order valence-corrected chi connectivity index (χ3v) is 4.03. The number of nitrogens with one attached hydrogen (secondary N) is 2. The molecule has 0 saturated carbocycles. The van der Waals surface area contributed by atoms with Crippen molar-refractivity contribution in [3.8, 4) is 0 Å². The molecular formula is C19H22FN3O2. The Morgan fingerprint density at radius 2 is 1.68 bits per heavy atom. The first-order valence-corrected chi connectivity index (χ1v) is 7.98. The van der Waals surface area contributed by atoms with E-state index in [4.69, 9.17) is 0 Å². The predicted octanol–water partition coefficient (Wildman–Crippen LogP) is 2.64. The lowest BCUT2D eigenvalue weighted by Gasteiger charge is -2.24. The van der Waals surface area contributed by atoms with Crippen molar-refractivity contribution in [3.05, 3.63) is 65.5 Å². The molecule has 2 N–H and O–H groups in total. The lowest BCUT2D eigenvalue weighted by Crippen LogP contribution is -2.39. The molecule has 132 valence electrons. The van der Waals surface area contributed by atoms with Gasteiger partial charge in [0, 0.05) is 24.8 Å². The molecule has 0 aromatic heterocycles. The van der Waals surface area contributed by atoms with Crippen LogP contribution in [0.2, 0.25) is 0 Å². The summed E-state index contributed by atoms with van der Waals surface area (Å²) >= 11 is 0. The zero-order chi connectivity index (χ0) is 18.4. The van der Waals surface area contributed by atoms with Crippen LogP contribution >= 0.6 is 0 Å². The molecule has 5 nitrogen and oxygen atoms in total. The molecule has 2 aromatic carbocycles. The van der Waals surface area contributed by atoms with Gasteiger partial charge in [-0.25, -0.2) is 4.39 Å². The Hall–Kier alpha value is -2.73. The average molecular weight is 343 g/mol. The molecule has 0 saturated heterocycles. The third kappa shape index (κ3) is 5.12. The number of carbonyl (C=O) groups is 2. The number of carbonyl (C=O) groups excluding carboxylic acids is 2. The van der Waals surface area contributed by atoms with Crippen molar-refractivity contribution in [2.24, 2.45) is 0 Å². The van der Waals surface area contributed by atoms with Gasteiger partial charge in [0.1, 0.15) is 5.82 Å². The molecule has 0 unspecified atom stereocenters. The first-order valence-electron chi connectivity index (χ1n) is 7.98. The maximum atomic E-state index is 12.9. The van der Waals surface area contributed by atoms with Crippen LogP contribution in [-0.4, -0.2) is 36.9 Å². The summed E-state index contributed by atoms with van der Waals surface area (Å²) in [7, 11) is 3.44. The molecule has 2 aromatic rings. The van der Waals surface area contributed by atoms with E-state index in [0.717, 1.165) is 5.56 Å². The van der Waals surface area contributed by atoms with E-state index in [1.54, 1.807) is 26.1 Å². The smallest absolute Gasteiger partial charge is 0.251 e. The van der Waals surface area contributed by atoms with Crippen molar-refractivity contribution < 1.29 is 14.0 Å². The average Bonchev–Trinajstić information content (AvgIpc) is 2.62. The number of rotatable bonds is 6. The summed E-state index contributed by atoms with van der Waals surface area (Å²) in [4.78, 5) is 25.7. The lowest BCUT2D eigenvalue weighted by molar-refractivity contribution is -0.120. The molecule has 0 fully saturated rings. The monoisotopic (exact) mass is 343 g/mol. The summed E-state index contributed by atoms with van der Waals surface area (Å²) in [5.41, 5.74) is 2.15. The Morgan fingerprint density at radius 3 is 2.24 bits per heavy atom. The van der Waals surface area contributed by atoms with Gasteiger partial charge < -0.3 is 10.6 Å². The standard InChI is InChI=1S/C19H22FN3O2/c1-13(18(24)22-17-10-8-16(20)9-11-17)23(3)12-14-4-6-15(7-5-14)19(25)21-2/h4-11,13H,12H2,1-3H3,(H,21,25)(H,22,24)/t13-/m0/s1. The molecule has 6 heteroatoms. The van der Waals surface area contributed by atoms with E-state index in [9.17, 15) is 14.0 Å². The van der Waals surface area contributed by atoms with Gasteiger partial charge in [0.25, 0.3) is 5.91 Å². The van der Waals surface area contributed by atoms with Crippen molar-refractivity contribution in [3.63, 3.8) is 0 Å². The largest absolute Gasteiger partial charge is 0.355 e. The topological polar surface area (TPSA) is 61.4 Å². The highest BCUT2D eigenvalue weighted by molar-refractivity contribution is 5.94. The van der Waals surface area contributed by atoms with E-state index in [1.807, 2.05) is 24.1 Å². The van der Waals surface area contributed by atoms with Crippen molar-refractivity contribution in [2.75, 3.05) is 19.4 Å². The van der Waals surface area contributed by atoms with E-state index >= 15 is 0 Å². The van der Waals surface area contributed by atoms with Crippen LogP contribution in [0.5, 0.6) is 0 Å². The molecule has 25 heavy (non-hydrogen) atoms. The van der Waals surface area contributed by atoms with Crippen molar-refractivity contribution >= 4 is 17.5 Å². The van der Waals surface area contributed by atoms with Crippen LogP contribution in [0.15, 0.2) is 48.5 Å². The zero-order valence-corrected chi connectivity index (χ0v) is 14.5. The fraction of sp³-hybridized carbons (Fsp3) is 0.263. The number of benzene rings is 2. The van der Waals surface area contributed by atoms with Crippen molar-refractivity contribution in [1.82, 2.24) is 10.2 Å². The highest BCUT2D eigenvalue weighted by Crippen LogP contribution is 2.12. The normalized spacial score (nSPS) is 11.9. The van der Waals surface area contributed by atoms with Crippen LogP contribution in [0.3, 0.4) is 0 Å². The van der Waals surface area contributed by atoms with Gasteiger partial charge in [-0.3, -0.25) is 14.5 Å². The Labute approximate surface area is 146 Å². The van der Waals surface area contributed by atoms with E-state index in [-0.39, 0.29) is 23.7 Å². The fourth-order valence-corrected chi connectivity index (χ4v) is 2.31. The molecule has 0 bridgehead atoms. The summed E-state index contributed by atoms with van der Waals surface area (Å²) in [5.74, 6) is -0.647. The maximum absolute atomic E-state index is 12.9. The minimum atomic E-state index is -0.372. The molecule has 0 aliphatic heterocycles. The van der Waals surface area contributed by atoms with Crippen LogP contribution in [0.25, 0.3) is 0 Å². The van der Waals surface area contributed by atoms with Gasteiger partial charge in [-0.1, -0.05) is 12.1 Å². The minimum absolute atomic E-state index is 0.132. The van der Waals surface area contributed by atoms with E-state index < -0.39 is 0 Å². The molecule has 0 radical (unpaired) electrons. The molecular weight excluding hydrogens is 321 g/mol. The number of amides is 2. The summed E-state index contributed by atoms with van der Waals surface area (Å²) in [6.45, 7) is 2.36. The SMILES string of the molecule is CNC(=O)c1ccc(CN(C)[C@@H](C)C(=O)Nc2ccc(F)cc2)cc1. The molecule has 1 atom stereocenters. The first-order chi connectivity index (χ1) is 11.9. The van der Waals surface area contributed by atoms with Gasteiger partial charge in [0.2, 0.25) is 5.91 Å². The lowest BCUT2D eigenvalue weighted by atomic mass is 10.1. The third-order valence-electron chi connectivity index (χ3n) is 4.03. The summed E-state index contributed by atoms with van der Waals surface area (Å²) < 4.78 is 12.9. The highest BCUT2D eigenvalue weighted by atomic mass is 19.1. The van der Waals surface area contributed by atoms with Crippen LogP contribution in [0.4, 0.5) is 10.1 Å². The molecule has 0 aliphatic carbocycles. The molecule has 0 spiro atoms. The number of nitrogens with zero attached hydrogens (tertiary/aromatic N) is 1. The molecule has 2 rings (SSSR count). The van der Waals surface area contributed by atoms with Crippen molar-refractivity contribution in [1.29, 1.82) is 0 Å². The second-order valence-electron chi connectivity index (χ2n) is 5.86. The number of halogens is 1. The van der Waals surface area contributed by atoms with E-state index in [2.05, 4.69) is 10.6 Å². The fourth-order valence-electron chi connectivity index (χ4n) is 2.31. The second-order valence-corrected chi connectivity index (χ2v) is 5.86. The van der Waals surface area contributed by atoms with E-state index in [1.165, 1.54) is 24.3 Å². The van der Waals surface area contributed by atoms with Gasteiger partial charge in [-0.2, -0.15) is 0 Å². The predicted molar refractivity (Wildman–Crippen MR) is 95.8 cm³/mol. The summed E-state index contributed by atoms with van der Waals surface area (Å²) in [6.07, 6.45) is 0. The van der Waals surface area contributed by atoms with Gasteiger partial charge in [-0.15, -0.1) is 0 Å². The second kappa shape index (κ2) is 8.39. The van der Waals surface area contributed by atoms with Gasteiger partial charge in [0.05, 0.1) is 6.04 Å². The molecule has 0 aliphatic rings. The highest BCUT2D eigenvalue weighted by Gasteiger charge is 2.18.